The van der Waals surface area contributed by atoms with Crippen molar-refractivity contribution < 1.29 is 8.42 Å². The van der Waals surface area contributed by atoms with E-state index in [1.165, 1.54) is 0 Å². The van der Waals surface area contributed by atoms with Crippen LogP contribution >= 0.6 is 0 Å². The van der Waals surface area contributed by atoms with Crippen molar-refractivity contribution >= 4 is 15.7 Å². The lowest BCUT2D eigenvalue weighted by atomic mass is 10.0. The van der Waals surface area contributed by atoms with E-state index in [1.807, 2.05) is 18.2 Å². The topological polar surface area (TPSA) is 58.2 Å². The Kier molecular flexibility index (Phi) is 3.46. The van der Waals surface area contributed by atoms with Gasteiger partial charge < -0.3 is 5.32 Å². The number of hydrogen-bond acceptors (Lipinski definition) is 3. The van der Waals surface area contributed by atoms with Crippen LogP contribution in [0, 0.1) is 5.92 Å². The maximum atomic E-state index is 11.7. The predicted octanol–water partition coefficient (Wildman–Crippen LogP) is 1.04. The Hall–Kier alpha value is -1.07. The van der Waals surface area contributed by atoms with Crippen LogP contribution in [0.3, 0.4) is 0 Å². The second-order valence-corrected chi connectivity index (χ2v) is 5.94. The van der Waals surface area contributed by atoms with E-state index in [0.717, 1.165) is 19.5 Å². The largest absolute Gasteiger partial charge is 0.316 e. The molecule has 0 aliphatic carbocycles. The van der Waals surface area contributed by atoms with Crippen LogP contribution in [-0.2, 0) is 10.0 Å². The molecule has 0 aromatic heterocycles. The fraction of sp³-hybridized carbons (Fsp3) is 0.455. The minimum Gasteiger partial charge on any atom is -0.316 e. The van der Waals surface area contributed by atoms with Crippen LogP contribution < -0.4 is 10.0 Å². The smallest absolute Gasteiger partial charge is 0.232 e. The van der Waals surface area contributed by atoms with Crippen LogP contribution in [0.1, 0.15) is 6.42 Å². The van der Waals surface area contributed by atoms with E-state index in [4.69, 9.17) is 0 Å². The third-order valence-corrected chi connectivity index (χ3v) is 4.03. The first-order valence-corrected chi connectivity index (χ1v) is 7.07. The molecule has 0 radical (unpaired) electrons. The zero-order valence-electron chi connectivity index (χ0n) is 9.02. The Bertz CT molecular complexity index is 427. The van der Waals surface area contributed by atoms with Crippen molar-refractivity contribution in [3.63, 3.8) is 0 Å². The minimum atomic E-state index is -3.18. The van der Waals surface area contributed by atoms with Gasteiger partial charge >= 0.3 is 0 Å². The summed E-state index contributed by atoms with van der Waals surface area (Å²) in [6.07, 6.45) is 0.731. The molecule has 4 nitrogen and oxygen atoms in total. The van der Waals surface area contributed by atoms with E-state index >= 15 is 0 Å². The van der Waals surface area contributed by atoms with Crippen molar-refractivity contribution in [2.45, 2.75) is 6.42 Å². The summed E-state index contributed by atoms with van der Waals surface area (Å²) < 4.78 is 26.0. The number of benzene rings is 1. The van der Waals surface area contributed by atoms with Crippen LogP contribution in [0.4, 0.5) is 5.69 Å². The maximum Gasteiger partial charge on any atom is 0.232 e. The van der Waals surface area contributed by atoms with E-state index in [9.17, 15) is 8.42 Å². The molecule has 1 aliphatic heterocycles. The molecule has 2 N–H and O–H groups in total. The predicted molar refractivity (Wildman–Crippen MR) is 64.8 cm³/mol. The van der Waals surface area contributed by atoms with Crippen LogP contribution in [0.25, 0.3) is 0 Å². The molecule has 1 heterocycles. The Morgan fingerprint density at radius 1 is 1.25 bits per heavy atom. The first kappa shape index (κ1) is 11.4. The third-order valence-electron chi connectivity index (χ3n) is 2.71. The lowest BCUT2D eigenvalue weighted by Gasteiger charge is -2.26. The maximum absolute atomic E-state index is 11.7. The molecule has 0 bridgehead atoms. The van der Waals surface area contributed by atoms with Gasteiger partial charge in [-0.3, -0.25) is 4.72 Å². The summed E-state index contributed by atoms with van der Waals surface area (Å²) in [5.41, 5.74) is 0.634. The number of rotatable bonds is 5. The quantitative estimate of drug-likeness (QED) is 0.808. The molecule has 0 spiro atoms. The van der Waals surface area contributed by atoms with Gasteiger partial charge in [-0.05, 0) is 37.6 Å². The molecule has 1 aromatic carbocycles. The van der Waals surface area contributed by atoms with Crippen molar-refractivity contribution in [3.05, 3.63) is 30.3 Å². The van der Waals surface area contributed by atoms with Gasteiger partial charge in [0, 0.05) is 5.69 Å². The summed E-state index contributed by atoms with van der Waals surface area (Å²) in [7, 11) is -3.18. The SMILES string of the molecule is O=S(=O)(CCC1CNC1)Nc1ccccc1. The lowest BCUT2D eigenvalue weighted by Crippen LogP contribution is -2.42. The molecule has 1 aromatic rings. The summed E-state index contributed by atoms with van der Waals surface area (Å²) in [6.45, 7) is 1.89. The van der Waals surface area contributed by atoms with Crippen LogP contribution in [0.2, 0.25) is 0 Å². The van der Waals surface area contributed by atoms with Gasteiger partial charge in [-0.15, -0.1) is 0 Å². The van der Waals surface area contributed by atoms with Crippen LogP contribution in [0.15, 0.2) is 30.3 Å². The average molecular weight is 240 g/mol. The van der Waals surface area contributed by atoms with Gasteiger partial charge in [0.05, 0.1) is 5.75 Å². The van der Waals surface area contributed by atoms with Gasteiger partial charge in [0.1, 0.15) is 0 Å². The van der Waals surface area contributed by atoms with Crippen molar-refractivity contribution in [1.82, 2.24) is 5.32 Å². The average Bonchev–Trinajstić information content (AvgIpc) is 2.15. The standard InChI is InChI=1S/C11H16N2O2S/c14-16(15,7-6-10-8-12-9-10)13-11-4-2-1-3-5-11/h1-5,10,12-13H,6-9H2. The highest BCUT2D eigenvalue weighted by Crippen LogP contribution is 2.12. The molecule has 0 unspecified atom stereocenters. The fourth-order valence-corrected chi connectivity index (χ4v) is 2.85. The van der Waals surface area contributed by atoms with Crippen LogP contribution in [0.5, 0.6) is 0 Å². The Morgan fingerprint density at radius 2 is 1.94 bits per heavy atom. The zero-order valence-corrected chi connectivity index (χ0v) is 9.83. The zero-order chi connectivity index (χ0) is 11.4. The molecule has 0 atom stereocenters. The van der Waals surface area contributed by atoms with Gasteiger partial charge in [-0.1, -0.05) is 18.2 Å². The highest BCUT2D eigenvalue weighted by Gasteiger charge is 2.20. The van der Waals surface area contributed by atoms with E-state index in [1.54, 1.807) is 12.1 Å². The highest BCUT2D eigenvalue weighted by atomic mass is 32.2. The molecule has 5 heteroatoms. The Morgan fingerprint density at radius 3 is 2.50 bits per heavy atom. The van der Waals surface area contributed by atoms with E-state index < -0.39 is 10.0 Å². The van der Waals surface area contributed by atoms with Gasteiger partial charge in [-0.25, -0.2) is 8.42 Å². The molecule has 88 valence electrons. The number of hydrogen-bond donors (Lipinski definition) is 2. The molecular formula is C11H16N2O2S. The molecule has 1 saturated heterocycles. The van der Waals surface area contributed by atoms with Crippen molar-refractivity contribution in [1.29, 1.82) is 0 Å². The molecule has 16 heavy (non-hydrogen) atoms. The summed E-state index contributed by atoms with van der Waals surface area (Å²) in [5, 5.41) is 3.13. The highest BCUT2D eigenvalue weighted by molar-refractivity contribution is 7.92. The van der Waals surface area contributed by atoms with Crippen molar-refractivity contribution in [2.24, 2.45) is 5.92 Å². The van der Waals surface area contributed by atoms with Crippen molar-refractivity contribution in [2.75, 3.05) is 23.6 Å². The second-order valence-electron chi connectivity index (χ2n) is 4.10. The van der Waals surface area contributed by atoms with E-state index in [2.05, 4.69) is 10.0 Å². The molecule has 1 fully saturated rings. The number of nitrogens with one attached hydrogen (secondary N) is 2. The van der Waals surface area contributed by atoms with Gasteiger partial charge in [0.25, 0.3) is 0 Å². The third kappa shape index (κ3) is 3.21. The monoisotopic (exact) mass is 240 g/mol. The number of anilines is 1. The first-order chi connectivity index (χ1) is 7.66. The Balaban J connectivity index is 1.87. The fourth-order valence-electron chi connectivity index (χ4n) is 1.61. The molecule has 0 amide bonds. The number of para-hydroxylation sites is 1. The Labute approximate surface area is 96.1 Å². The van der Waals surface area contributed by atoms with Crippen molar-refractivity contribution in [3.8, 4) is 0 Å². The summed E-state index contributed by atoms with van der Waals surface area (Å²) in [4.78, 5) is 0. The first-order valence-electron chi connectivity index (χ1n) is 5.42. The van der Waals surface area contributed by atoms with Gasteiger partial charge in [0.15, 0.2) is 0 Å². The summed E-state index contributed by atoms with van der Waals surface area (Å²) in [5.74, 6) is 0.723. The van der Waals surface area contributed by atoms with E-state index in [-0.39, 0.29) is 5.75 Å². The number of sulfonamides is 1. The molecule has 2 rings (SSSR count). The molecule has 0 saturated carbocycles. The normalized spacial score (nSPS) is 16.8. The molecule has 1 aliphatic rings. The van der Waals surface area contributed by atoms with E-state index in [0.29, 0.717) is 11.6 Å². The summed E-state index contributed by atoms with van der Waals surface area (Å²) >= 11 is 0. The lowest BCUT2D eigenvalue weighted by molar-refractivity contribution is 0.339. The van der Waals surface area contributed by atoms with Crippen LogP contribution in [-0.4, -0.2) is 27.3 Å². The second kappa shape index (κ2) is 4.84. The van der Waals surface area contributed by atoms with Gasteiger partial charge in [-0.2, -0.15) is 0 Å². The molecular weight excluding hydrogens is 224 g/mol. The summed E-state index contributed by atoms with van der Waals surface area (Å²) in [6, 6.07) is 8.99. The van der Waals surface area contributed by atoms with Gasteiger partial charge in [0.2, 0.25) is 10.0 Å². The minimum absolute atomic E-state index is 0.203.